The van der Waals surface area contributed by atoms with E-state index in [4.69, 9.17) is 4.74 Å². The zero-order chi connectivity index (χ0) is 17.8. The monoisotopic (exact) mass is 339 g/mol. The molecule has 0 saturated carbocycles. The van der Waals surface area contributed by atoms with Crippen LogP contribution in [0.1, 0.15) is 10.4 Å². The van der Waals surface area contributed by atoms with Gasteiger partial charge in [0.2, 0.25) is 0 Å². The number of hydrogen-bond acceptors (Lipinski definition) is 4. The Morgan fingerprint density at radius 1 is 1.00 bits per heavy atom. The Labute approximate surface area is 149 Å². The molecule has 2 aromatic carbocycles. The Morgan fingerprint density at radius 3 is 2.40 bits per heavy atom. The van der Waals surface area contributed by atoms with E-state index in [1.54, 1.807) is 7.11 Å². The van der Waals surface area contributed by atoms with Gasteiger partial charge in [-0.05, 0) is 30.3 Å². The minimum Gasteiger partial charge on any atom is -0.495 e. The molecule has 1 heterocycles. The first-order valence-corrected chi connectivity index (χ1v) is 8.55. The number of carbonyl (C=O) groups is 1. The van der Waals surface area contributed by atoms with E-state index in [1.807, 2.05) is 66.4 Å². The predicted molar refractivity (Wildman–Crippen MR) is 102 cm³/mol. The van der Waals surface area contributed by atoms with Crippen molar-refractivity contribution in [3.8, 4) is 5.75 Å². The molecular weight excluding hydrogens is 314 g/mol. The maximum Gasteiger partial charge on any atom is 0.254 e. The number of benzene rings is 2. The van der Waals surface area contributed by atoms with Crippen LogP contribution in [0.15, 0.2) is 48.5 Å². The fourth-order valence-corrected chi connectivity index (χ4v) is 3.14. The number of nitrogens with zero attached hydrogens (tertiary/aromatic N) is 3. The predicted octanol–water partition coefficient (Wildman–Crippen LogP) is 2.72. The number of piperazine rings is 1. The van der Waals surface area contributed by atoms with E-state index < -0.39 is 0 Å². The van der Waals surface area contributed by atoms with Gasteiger partial charge in [-0.1, -0.05) is 18.2 Å². The fourth-order valence-electron chi connectivity index (χ4n) is 3.14. The van der Waals surface area contributed by atoms with E-state index in [1.165, 1.54) is 0 Å². The zero-order valence-electron chi connectivity index (χ0n) is 15.1. The van der Waals surface area contributed by atoms with Crippen molar-refractivity contribution in [1.82, 2.24) is 4.90 Å². The fraction of sp³-hybridized carbons (Fsp3) is 0.350. The molecule has 0 spiro atoms. The van der Waals surface area contributed by atoms with Crippen molar-refractivity contribution in [2.24, 2.45) is 0 Å². The van der Waals surface area contributed by atoms with Gasteiger partial charge in [0.25, 0.3) is 5.91 Å². The summed E-state index contributed by atoms with van der Waals surface area (Å²) >= 11 is 0. The molecular formula is C20H25N3O2. The number of hydrogen-bond donors (Lipinski definition) is 0. The van der Waals surface area contributed by atoms with Crippen LogP contribution < -0.4 is 14.5 Å². The molecule has 1 aliphatic rings. The number of rotatable bonds is 4. The zero-order valence-corrected chi connectivity index (χ0v) is 15.1. The first kappa shape index (κ1) is 17.1. The summed E-state index contributed by atoms with van der Waals surface area (Å²) in [5, 5.41) is 0. The molecule has 1 saturated heterocycles. The highest BCUT2D eigenvalue weighted by Gasteiger charge is 2.23. The largest absolute Gasteiger partial charge is 0.495 e. The molecule has 0 bridgehead atoms. The van der Waals surface area contributed by atoms with Crippen LogP contribution in [-0.4, -0.2) is 58.2 Å². The summed E-state index contributed by atoms with van der Waals surface area (Å²) in [6.07, 6.45) is 0. The van der Waals surface area contributed by atoms with Gasteiger partial charge in [-0.15, -0.1) is 0 Å². The molecule has 5 nitrogen and oxygen atoms in total. The Kier molecular flexibility index (Phi) is 5.12. The van der Waals surface area contributed by atoms with E-state index in [9.17, 15) is 4.79 Å². The number of methoxy groups -OCH3 is 1. The molecule has 0 aliphatic carbocycles. The van der Waals surface area contributed by atoms with Gasteiger partial charge in [-0.3, -0.25) is 4.79 Å². The summed E-state index contributed by atoms with van der Waals surface area (Å²) < 4.78 is 5.45. The SMILES string of the molecule is COc1ccccc1N1CCN(C(=O)c2cccc(N(C)C)c2)CC1. The van der Waals surface area contributed by atoms with Crippen LogP contribution in [0, 0.1) is 0 Å². The Hall–Kier alpha value is -2.69. The Morgan fingerprint density at radius 2 is 1.72 bits per heavy atom. The highest BCUT2D eigenvalue weighted by atomic mass is 16.5. The van der Waals surface area contributed by atoms with Gasteiger partial charge >= 0.3 is 0 Å². The number of para-hydroxylation sites is 2. The first-order chi connectivity index (χ1) is 12.1. The summed E-state index contributed by atoms with van der Waals surface area (Å²) in [6.45, 7) is 3.03. The van der Waals surface area contributed by atoms with Crippen LogP contribution in [-0.2, 0) is 0 Å². The van der Waals surface area contributed by atoms with Crippen LogP contribution in [0.4, 0.5) is 11.4 Å². The molecule has 0 N–H and O–H groups in total. The van der Waals surface area contributed by atoms with Crippen molar-refractivity contribution in [2.45, 2.75) is 0 Å². The molecule has 3 rings (SSSR count). The van der Waals surface area contributed by atoms with Crippen LogP contribution in [0.2, 0.25) is 0 Å². The summed E-state index contributed by atoms with van der Waals surface area (Å²) in [5.41, 5.74) is 2.88. The lowest BCUT2D eigenvalue weighted by Gasteiger charge is -2.36. The van der Waals surface area contributed by atoms with Gasteiger partial charge in [0.05, 0.1) is 12.8 Å². The number of ether oxygens (including phenoxy) is 1. The molecule has 0 radical (unpaired) electrons. The van der Waals surface area contributed by atoms with Crippen LogP contribution in [0.5, 0.6) is 5.75 Å². The second-order valence-corrected chi connectivity index (χ2v) is 6.40. The Bertz CT molecular complexity index is 737. The van der Waals surface area contributed by atoms with E-state index in [-0.39, 0.29) is 5.91 Å². The molecule has 1 aliphatic heterocycles. The normalized spacial score (nSPS) is 14.4. The van der Waals surface area contributed by atoms with E-state index in [0.717, 1.165) is 35.8 Å². The third-order valence-electron chi connectivity index (χ3n) is 4.60. The van der Waals surface area contributed by atoms with Crippen molar-refractivity contribution < 1.29 is 9.53 Å². The molecule has 1 fully saturated rings. The minimum atomic E-state index is 0.100. The third-order valence-corrected chi connectivity index (χ3v) is 4.60. The molecule has 5 heteroatoms. The van der Waals surface area contributed by atoms with E-state index in [2.05, 4.69) is 11.0 Å². The summed E-state index contributed by atoms with van der Waals surface area (Å²) in [7, 11) is 5.65. The average Bonchev–Trinajstić information content (AvgIpc) is 2.67. The second kappa shape index (κ2) is 7.47. The van der Waals surface area contributed by atoms with Gasteiger partial charge in [-0.2, -0.15) is 0 Å². The molecule has 0 aromatic heterocycles. The number of carbonyl (C=O) groups excluding carboxylic acids is 1. The smallest absolute Gasteiger partial charge is 0.254 e. The van der Waals surface area contributed by atoms with Crippen LogP contribution in [0.25, 0.3) is 0 Å². The summed E-state index contributed by atoms with van der Waals surface area (Å²) in [5.74, 6) is 0.976. The molecule has 132 valence electrons. The van der Waals surface area contributed by atoms with Crippen LogP contribution >= 0.6 is 0 Å². The molecule has 25 heavy (non-hydrogen) atoms. The third kappa shape index (κ3) is 3.71. The van der Waals surface area contributed by atoms with Crippen molar-refractivity contribution >= 4 is 17.3 Å². The van der Waals surface area contributed by atoms with Gasteiger partial charge in [0.1, 0.15) is 5.75 Å². The number of anilines is 2. The lowest BCUT2D eigenvalue weighted by atomic mass is 10.1. The average molecular weight is 339 g/mol. The van der Waals surface area contributed by atoms with Crippen molar-refractivity contribution in [3.05, 3.63) is 54.1 Å². The van der Waals surface area contributed by atoms with Gasteiger partial charge in [0, 0.05) is 51.5 Å². The Balaban J connectivity index is 1.68. The van der Waals surface area contributed by atoms with Crippen molar-refractivity contribution in [2.75, 3.05) is 57.2 Å². The minimum absolute atomic E-state index is 0.100. The molecule has 2 aromatic rings. The maximum atomic E-state index is 12.8. The van der Waals surface area contributed by atoms with Crippen molar-refractivity contribution in [1.29, 1.82) is 0 Å². The molecule has 1 amide bonds. The number of amides is 1. The highest BCUT2D eigenvalue weighted by Crippen LogP contribution is 2.28. The van der Waals surface area contributed by atoms with Crippen molar-refractivity contribution in [3.63, 3.8) is 0 Å². The quantitative estimate of drug-likeness (QED) is 0.858. The van der Waals surface area contributed by atoms with Gasteiger partial charge < -0.3 is 19.4 Å². The standard InChI is InChI=1S/C20H25N3O2/c1-21(2)17-8-6-7-16(15-17)20(24)23-13-11-22(12-14-23)18-9-4-5-10-19(18)25-3/h4-10,15H,11-14H2,1-3H3. The van der Waals surface area contributed by atoms with Crippen LogP contribution in [0.3, 0.4) is 0 Å². The summed E-state index contributed by atoms with van der Waals surface area (Å²) in [4.78, 5) is 19.0. The van der Waals surface area contributed by atoms with Gasteiger partial charge in [0.15, 0.2) is 0 Å². The first-order valence-electron chi connectivity index (χ1n) is 8.55. The lowest BCUT2D eigenvalue weighted by molar-refractivity contribution is 0.0746. The second-order valence-electron chi connectivity index (χ2n) is 6.40. The molecule has 0 unspecified atom stereocenters. The topological polar surface area (TPSA) is 36.0 Å². The lowest BCUT2D eigenvalue weighted by Crippen LogP contribution is -2.48. The van der Waals surface area contributed by atoms with Gasteiger partial charge in [-0.25, -0.2) is 0 Å². The molecule has 0 atom stereocenters. The highest BCUT2D eigenvalue weighted by molar-refractivity contribution is 5.95. The van der Waals surface area contributed by atoms with E-state index in [0.29, 0.717) is 13.1 Å². The summed E-state index contributed by atoms with van der Waals surface area (Å²) in [6, 6.07) is 15.8. The van der Waals surface area contributed by atoms with E-state index >= 15 is 0 Å². The maximum absolute atomic E-state index is 12.8.